The van der Waals surface area contributed by atoms with Crippen LogP contribution in [0.5, 0.6) is 0 Å². The Morgan fingerprint density at radius 1 is 0.209 bits per heavy atom. The minimum atomic E-state index is -2.12. The van der Waals surface area contributed by atoms with Gasteiger partial charge in [0, 0.05) is 92.5 Å². The summed E-state index contributed by atoms with van der Waals surface area (Å²) in [6, 6.07) is 137. The zero-order valence-electron chi connectivity index (χ0n) is 50.0. The Kier molecular flexibility index (Phi) is 14.0. The first-order valence-corrected chi connectivity index (χ1v) is 31.2. The number of para-hydroxylation sites is 8. The number of hydrogen-bond donors (Lipinski definition) is 0. The van der Waals surface area contributed by atoms with Crippen molar-refractivity contribution in [2.75, 3.05) is 29.4 Å². The van der Waals surface area contributed by atoms with E-state index in [4.69, 9.17) is 0 Å². The predicted octanol–water partition coefficient (Wildman–Crippen LogP) is 19.9. The summed E-state index contributed by atoms with van der Waals surface area (Å²) in [6.45, 7) is 0. The van der Waals surface area contributed by atoms with Crippen LogP contribution in [0.25, 0.3) is 0 Å². The SMILES string of the molecule is c1ccc(N(c2ccccc2)c2cccc(N3c4cc(N(c5ccccc5)c5ccccc5)ccc4[B-]4(c5ccccc5)c5ccc(N(c6ccccc6)c6ccccc6)cc5N(c5cccc(N(c6ccccc6)c6ccccc6)c5)c5cccc3[n+]54)c2)cc1. The maximum atomic E-state index is 2.69. The van der Waals surface area contributed by atoms with Gasteiger partial charge in [0.15, 0.2) is 11.6 Å². The molecule has 16 rings (SSSR count). The largest absolute Gasteiger partial charge is 0.410 e. The Bertz CT molecular complexity index is 4400. The monoisotopic (exact) mass is 1170 g/mol. The van der Waals surface area contributed by atoms with Gasteiger partial charge in [0.05, 0.1) is 11.4 Å². The highest BCUT2D eigenvalue weighted by Gasteiger charge is 2.52. The van der Waals surface area contributed by atoms with Crippen LogP contribution in [-0.4, -0.2) is 6.28 Å². The average molecular weight is 1170 g/mol. The molecule has 0 saturated heterocycles. The molecule has 91 heavy (non-hydrogen) atoms. The first-order chi connectivity index (χ1) is 45.2. The zero-order chi connectivity index (χ0) is 60.5. The molecule has 3 heterocycles. The molecule has 0 N–H and O–H groups in total. The molecule has 1 aromatic heterocycles. The molecule has 2 aliphatic heterocycles. The van der Waals surface area contributed by atoms with E-state index in [1.165, 1.54) is 16.4 Å². The number of anilines is 18. The molecule has 0 spiro atoms. The molecule has 0 bridgehead atoms. The Morgan fingerprint density at radius 3 is 0.736 bits per heavy atom. The zero-order valence-corrected chi connectivity index (χ0v) is 50.0. The Hall–Kier alpha value is -12.1. The van der Waals surface area contributed by atoms with Gasteiger partial charge in [0.1, 0.15) is 11.4 Å². The second kappa shape index (κ2) is 23.5. The third-order valence-electron chi connectivity index (χ3n) is 17.8. The van der Waals surface area contributed by atoms with Gasteiger partial charge in [-0.2, -0.15) is 5.46 Å². The van der Waals surface area contributed by atoms with Crippen molar-refractivity contribution in [1.82, 2.24) is 0 Å². The van der Waals surface area contributed by atoms with E-state index < -0.39 is 6.28 Å². The quantitative estimate of drug-likeness (QED) is 0.0948. The molecular formula is C83H62BN7. The molecule has 7 nitrogen and oxygen atoms in total. The number of hydrogen-bond acceptors (Lipinski definition) is 6. The summed E-state index contributed by atoms with van der Waals surface area (Å²) in [5, 5.41) is 0. The van der Waals surface area contributed by atoms with Crippen molar-refractivity contribution in [1.29, 1.82) is 0 Å². The smallest absolute Gasteiger partial charge is 0.250 e. The number of pyridine rings is 1. The lowest BCUT2D eigenvalue weighted by atomic mass is 9.22. The molecule has 8 heteroatoms. The number of fused-ring (bicyclic) bond motifs is 4. The van der Waals surface area contributed by atoms with Crippen LogP contribution in [0.4, 0.5) is 103 Å². The average Bonchev–Trinajstić information content (AvgIpc) is 0.675. The van der Waals surface area contributed by atoms with Crippen LogP contribution < -0.4 is 50.3 Å². The molecule has 0 radical (unpaired) electrons. The van der Waals surface area contributed by atoms with Gasteiger partial charge < -0.3 is 24.1 Å². The molecule has 0 saturated carbocycles. The molecule has 14 aromatic rings. The lowest BCUT2D eigenvalue weighted by molar-refractivity contribution is -0.512. The Labute approximate surface area is 532 Å². The number of aromatic nitrogens is 1. The van der Waals surface area contributed by atoms with Crippen LogP contribution >= 0.6 is 0 Å². The summed E-state index contributed by atoms with van der Waals surface area (Å²) in [6.07, 6.45) is -2.12. The van der Waals surface area contributed by atoms with Crippen LogP contribution in [0, 0.1) is 0 Å². The van der Waals surface area contributed by atoms with Crippen molar-refractivity contribution in [3.63, 3.8) is 0 Å². The molecule has 0 amide bonds. The van der Waals surface area contributed by atoms with Crippen LogP contribution in [0.3, 0.4) is 0 Å². The van der Waals surface area contributed by atoms with Crippen molar-refractivity contribution in [2.24, 2.45) is 0 Å². The highest BCUT2D eigenvalue weighted by atomic mass is 15.3. The van der Waals surface area contributed by atoms with E-state index in [1.807, 2.05) is 0 Å². The maximum absolute atomic E-state index is 2.69. The second-order valence-electron chi connectivity index (χ2n) is 23.1. The first-order valence-electron chi connectivity index (χ1n) is 31.2. The van der Waals surface area contributed by atoms with Crippen molar-refractivity contribution >= 4 is 125 Å². The molecule has 0 aliphatic carbocycles. The third kappa shape index (κ3) is 9.62. The normalized spacial score (nSPS) is 12.4. The van der Waals surface area contributed by atoms with Crippen molar-refractivity contribution in [2.45, 2.75) is 0 Å². The van der Waals surface area contributed by atoms with Crippen molar-refractivity contribution in [3.05, 3.63) is 376 Å². The minimum Gasteiger partial charge on any atom is -0.410 e. The molecule has 2 aliphatic rings. The van der Waals surface area contributed by atoms with Crippen LogP contribution in [0.2, 0.25) is 0 Å². The highest BCUT2D eigenvalue weighted by Crippen LogP contribution is 2.49. The van der Waals surface area contributed by atoms with E-state index in [9.17, 15) is 0 Å². The summed E-state index contributed by atoms with van der Waals surface area (Å²) < 4.78 is 2.69. The Morgan fingerprint density at radius 2 is 0.451 bits per heavy atom. The first kappa shape index (κ1) is 54.3. The number of rotatable bonds is 15. The van der Waals surface area contributed by atoms with Crippen LogP contribution in [0.1, 0.15) is 0 Å². The van der Waals surface area contributed by atoms with Gasteiger partial charge in [-0.25, -0.2) is 9.80 Å². The van der Waals surface area contributed by atoms with Gasteiger partial charge in [-0.3, -0.25) is 0 Å². The Balaban J connectivity index is 1.01. The second-order valence-corrected chi connectivity index (χ2v) is 23.1. The lowest BCUT2D eigenvalue weighted by Crippen LogP contribution is -2.89. The number of nitrogens with zero attached hydrogens (tertiary/aromatic N) is 7. The van der Waals surface area contributed by atoms with Crippen LogP contribution in [0.15, 0.2) is 376 Å². The van der Waals surface area contributed by atoms with Crippen molar-refractivity contribution in [3.8, 4) is 0 Å². The third-order valence-corrected chi connectivity index (χ3v) is 17.8. The predicted molar refractivity (Wildman–Crippen MR) is 381 cm³/mol. The van der Waals surface area contributed by atoms with E-state index in [0.29, 0.717) is 0 Å². The van der Waals surface area contributed by atoms with E-state index in [0.717, 1.165) is 103 Å². The highest BCUT2D eigenvalue weighted by molar-refractivity contribution is 7.07. The van der Waals surface area contributed by atoms with Gasteiger partial charge in [-0.05, 0) is 152 Å². The molecule has 0 unspecified atom stereocenters. The fourth-order valence-corrected chi connectivity index (χ4v) is 14.1. The summed E-state index contributed by atoms with van der Waals surface area (Å²) in [7, 11) is 0. The van der Waals surface area contributed by atoms with Crippen molar-refractivity contribution < 1.29 is 4.48 Å². The standard InChI is InChI=1S/C83H62BN7/c1-10-31-63(32-11-1)84-78-57-55-76(87(68-41-20-6-21-42-68)69-43-22-7-23-44-69)61-80(78)89(74-51-28-49-72(59-74)85(64-33-12-2-13-34-64)65-35-14-3-15-36-65)82-53-30-54-83(91(82)84)90(75-52-29-50-73(60-75)86(66-37-16-4-17-38-66)67-39-18-5-19-40-67)81-62-77(56-58-79(81)84)88(70-45-24-8-25-46-70)71-47-26-9-27-48-71/h1-62H. The van der Waals surface area contributed by atoms with E-state index in [1.54, 1.807) is 0 Å². The van der Waals surface area contributed by atoms with Crippen LogP contribution in [-0.2, 0) is 0 Å². The fourth-order valence-electron chi connectivity index (χ4n) is 14.1. The molecule has 0 atom stereocenters. The summed E-state index contributed by atoms with van der Waals surface area (Å²) in [5.74, 6) is 2.03. The fraction of sp³-hybridized carbons (Fsp3) is 0. The maximum Gasteiger partial charge on any atom is 0.250 e. The van der Waals surface area contributed by atoms with Gasteiger partial charge in [-0.1, -0.05) is 200 Å². The van der Waals surface area contributed by atoms with E-state index >= 15 is 0 Å². The lowest BCUT2D eigenvalue weighted by Gasteiger charge is -2.54. The molecule has 432 valence electrons. The molecular weight excluding hydrogens is 1110 g/mol. The molecule has 0 fully saturated rings. The summed E-state index contributed by atoms with van der Waals surface area (Å²) in [5.41, 5.74) is 20.3. The van der Waals surface area contributed by atoms with E-state index in [-0.39, 0.29) is 0 Å². The van der Waals surface area contributed by atoms with E-state index in [2.05, 4.69) is 410 Å². The summed E-state index contributed by atoms with van der Waals surface area (Å²) in [4.78, 5) is 14.5. The van der Waals surface area contributed by atoms with Gasteiger partial charge in [0.25, 0.3) is 0 Å². The van der Waals surface area contributed by atoms with Gasteiger partial charge in [0.2, 0.25) is 6.28 Å². The van der Waals surface area contributed by atoms with Gasteiger partial charge in [-0.15, -0.1) is 10.9 Å². The minimum absolute atomic E-state index is 1.01. The summed E-state index contributed by atoms with van der Waals surface area (Å²) >= 11 is 0. The number of benzene rings is 13. The van der Waals surface area contributed by atoms with Gasteiger partial charge >= 0.3 is 0 Å². The topological polar surface area (TPSA) is 23.3 Å². The molecule has 13 aromatic carbocycles.